The molecule has 2 N–H and O–H groups in total. The topological polar surface area (TPSA) is 37.2 Å². The van der Waals surface area contributed by atoms with E-state index in [-0.39, 0.29) is 0 Å². The van der Waals surface area contributed by atoms with Crippen molar-refractivity contribution in [3.63, 3.8) is 0 Å². The molecule has 1 aromatic heterocycles. The van der Waals surface area contributed by atoms with Gasteiger partial charge in [-0.3, -0.25) is 0 Å². The van der Waals surface area contributed by atoms with Crippen molar-refractivity contribution in [2.45, 2.75) is 40.3 Å². The fourth-order valence-corrected chi connectivity index (χ4v) is 5.29. The van der Waals surface area contributed by atoms with E-state index in [9.17, 15) is 5.11 Å². The third-order valence-electron chi connectivity index (χ3n) is 6.92. The highest BCUT2D eigenvalue weighted by molar-refractivity contribution is 6.06. The molecule has 0 amide bonds. The third kappa shape index (κ3) is 4.67. The van der Waals surface area contributed by atoms with Crippen LogP contribution in [0.5, 0.6) is 0 Å². The van der Waals surface area contributed by atoms with Crippen LogP contribution in [0, 0.1) is 27.7 Å². The van der Waals surface area contributed by atoms with E-state index in [1.807, 2.05) is 0 Å². The average Bonchev–Trinajstić information content (AvgIpc) is 3.19. The Morgan fingerprint density at radius 3 is 2.08 bits per heavy atom. The quantitative estimate of drug-likeness (QED) is 0.254. The first-order chi connectivity index (χ1) is 17.4. The van der Waals surface area contributed by atoms with E-state index in [1.54, 1.807) is 0 Å². The van der Waals surface area contributed by atoms with Gasteiger partial charge in [0.1, 0.15) is 0 Å². The lowest BCUT2D eigenvalue weighted by atomic mass is 9.97. The highest BCUT2D eigenvalue weighted by Gasteiger charge is 2.23. The van der Waals surface area contributed by atoms with Crippen molar-refractivity contribution in [1.29, 1.82) is 0 Å². The fourth-order valence-electron chi connectivity index (χ4n) is 5.29. The minimum absolute atomic E-state index is 0.476. The van der Waals surface area contributed by atoms with Crippen LogP contribution in [0.3, 0.4) is 0 Å². The van der Waals surface area contributed by atoms with E-state index in [1.165, 1.54) is 44.3 Å². The molecule has 0 spiro atoms. The number of nitrogens with zero attached hydrogens (tertiary/aromatic N) is 1. The second kappa shape index (κ2) is 10.0. The van der Waals surface area contributed by atoms with Crippen molar-refractivity contribution < 1.29 is 5.11 Å². The van der Waals surface area contributed by atoms with Crippen LogP contribution < -0.4 is 5.32 Å². The number of benzene rings is 4. The Labute approximate surface area is 214 Å². The number of aliphatic hydroxyl groups excluding tert-OH is 1. The minimum Gasteiger partial charge on any atom is -0.389 e. The first-order valence-corrected chi connectivity index (χ1v) is 12.7. The lowest BCUT2D eigenvalue weighted by Crippen LogP contribution is -2.25. The molecule has 4 aromatic carbocycles. The molecular weight excluding hydrogens is 440 g/mol. The first-order valence-electron chi connectivity index (χ1n) is 12.7. The molecule has 0 saturated heterocycles. The number of anilines is 1. The summed E-state index contributed by atoms with van der Waals surface area (Å²) in [5.41, 5.74) is 11.8. The standard InChI is InChI=1S/C33H34N2O/c1-22-15-16-24(3)30(19-22)34-20-28(36)21-35-32-25(4)17-23(2)18-29(32)31(26-11-7-5-8-12-26)33(35)27-13-9-6-10-14-27/h5-19,28,34,36H,20-21H2,1-4H3. The molecule has 182 valence electrons. The van der Waals surface area contributed by atoms with Crippen LogP contribution in [0.1, 0.15) is 22.3 Å². The van der Waals surface area contributed by atoms with Crippen LogP contribution in [0.25, 0.3) is 33.3 Å². The second-order valence-corrected chi connectivity index (χ2v) is 9.90. The molecule has 0 saturated carbocycles. The van der Waals surface area contributed by atoms with Gasteiger partial charge in [0.05, 0.1) is 23.9 Å². The van der Waals surface area contributed by atoms with Crippen molar-refractivity contribution in [3.8, 4) is 22.4 Å². The minimum atomic E-state index is -0.563. The fraction of sp³-hybridized carbons (Fsp3) is 0.212. The molecule has 0 radical (unpaired) electrons. The highest BCUT2D eigenvalue weighted by atomic mass is 16.3. The molecule has 0 fully saturated rings. The molecule has 3 nitrogen and oxygen atoms in total. The molecular formula is C33H34N2O. The number of fused-ring (bicyclic) bond motifs is 1. The van der Waals surface area contributed by atoms with Gasteiger partial charge < -0.3 is 15.0 Å². The SMILES string of the molecule is Cc1ccc(C)c(NCC(O)Cn2c(-c3ccccc3)c(-c3ccccc3)c3cc(C)cc(C)c32)c1. The van der Waals surface area contributed by atoms with Crippen molar-refractivity contribution in [1.82, 2.24) is 4.57 Å². The van der Waals surface area contributed by atoms with Gasteiger partial charge in [-0.25, -0.2) is 0 Å². The molecule has 5 aromatic rings. The van der Waals surface area contributed by atoms with Crippen molar-refractivity contribution in [2.75, 3.05) is 11.9 Å². The van der Waals surface area contributed by atoms with Crippen LogP contribution in [0.2, 0.25) is 0 Å². The highest BCUT2D eigenvalue weighted by Crippen LogP contribution is 2.42. The normalized spacial score (nSPS) is 12.1. The zero-order valence-electron chi connectivity index (χ0n) is 21.5. The number of hydrogen-bond acceptors (Lipinski definition) is 2. The monoisotopic (exact) mass is 474 g/mol. The molecule has 1 heterocycles. The summed E-state index contributed by atoms with van der Waals surface area (Å²) >= 11 is 0. The summed E-state index contributed by atoms with van der Waals surface area (Å²) in [5, 5.41) is 16.0. The van der Waals surface area contributed by atoms with E-state index in [0.29, 0.717) is 13.1 Å². The lowest BCUT2D eigenvalue weighted by molar-refractivity contribution is 0.169. The number of aromatic nitrogens is 1. The second-order valence-electron chi connectivity index (χ2n) is 9.90. The summed E-state index contributed by atoms with van der Waals surface area (Å²) < 4.78 is 2.33. The molecule has 0 aliphatic carbocycles. The number of aliphatic hydroxyl groups is 1. The van der Waals surface area contributed by atoms with Gasteiger partial charge in [0, 0.05) is 23.2 Å². The predicted molar refractivity (Wildman–Crippen MR) is 153 cm³/mol. The van der Waals surface area contributed by atoms with E-state index in [2.05, 4.69) is 129 Å². The van der Waals surface area contributed by atoms with E-state index in [4.69, 9.17) is 0 Å². The Bertz CT molecular complexity index is 1500. The zero-order chi connectivity index (χ0) is 25.2. The van der Waals surface area contributed by atoms with Gasteiger partial charge in [-0.1, -0.05) is 84.4 Å². The maximum atomic E-state index is 11.3. The largest absolute Gasteiger partial charge is 0.389 e. The molecule has 1 unspecified atom stereocenters. The Hall–Kier alpha value is -3.82. The Kier molecular flexibility index (Phi) is 6.67. The van der Waals surface area contributed by atoms with Crippen LogP contribution in [0.15, 0.2) is 91.0 Å². The Balaban J connectivity index is 1.64. The van der Waals surface area contributed by atoms with E-state index >= 15 is 0 Å². The molecule has 0 aliphatic rings. The molecule has 0 bridgehead atoms. The summed E-state index contributed by atoms with van der Waals surface area (Å²) in [6.07, 6.45) is -0.563. The average molecular weight is 475 g/mol. The first kappa shape index (κ1) is 23.9. The Morgan fingerprint density at radius 1 is 0.722 bits per heavy atom. The Morgan fingerprint density at radius 2 is 1.39 bits per heavy atom. The summed E-state index contributed by atoms with van der Waals surface area (Å²) in [4.78, 5) is 0. The van der Waals surface area contributed by atoms with Crippen LogP contribution in [0.4, 0.5) is 5.69 Å². The van der Waals surface area contributed by atoms with Gasteiger partial charge in [0.25, 0.3) is 0 Å². The maximum absolute atomic E-state index is 11.3. The van der Waals surface area contributed by atoms with Gasteiger partial charge in [-0.2, -0.15) is 0 Å². The predicted octanol–water partition coefficient (Wildman–Crippen LogP) is 7.68. The third-order valence-corrected chi connectivity index (χ3v) is 6.92. The van der Waals surface area contributed by atoms with Crippen molar-refractivity contribution in [3.05, 3.63) is 113 Å². The van der Waals surface area contributed by atoms with Crippen LogP contribution in [-0.4, -0.2) is 22.3 Å². The summed E-state index contributed by atoms with van der Waals surface area (Å²) in [5.74, 6) is 0. The molecule has 36 heavy (non-hydrogen) atoms. The number of aryl methyl sites for hydroxylation is 4. The summed E-state index contributed by atoms with van der Waals surface area (Å²) in [7, 11) is 0. The molecule has 0 aliphatic heterocycles. The summed E-state index contributed by atoms with van der Waals surface area (Å²) in [6, 6.07) is 32.1. The van der Waals surface area contributed by atoms with Gasteiger partial charge in [-0.15, -0.1) is 0 Å². The van der Waals surface area contributed by atoms with Crippen LogP contribution >= 0.6 is 0 Å². The lowest BCUT2D eigenvalue weighted by Gasteiger charge is -2.19. The maximum Gasteiger partial charge on any atom is 0.0891 e. The van der Waals surface area contributed by atoms with Gasteiger partial charge >= 0.3 is 0 Å². The molecule has 5 rings (SSSR count). The molecule has 3 heteroatoms. The van der Waals surface area contributed by atoms with Gasteiger partial charge in [0.2, 0.25) is 0 Å². The van der Waals surface area contributed by atoms with Gasteiger partial charge in [-0.05, 0) is 67.6 Å². The number of nitrogens with one attached hydrogen (secondary N) is 1. The molecule has 1 atom stereocenters. The van der Waals surface area contributed by atoms with Crippen molar-refractivity contribution in [2.24, 2.45) is 0 Å². The van der Waals surface area contributed by atoms with Crippen molar-refractivity contribution >= 4 is 16.6 Å². The summed E-state index contributed by atoms with van der Waals surface area (Å²) in [6.45, 7) is 9.49. The van der Waals surface area contributed by atoms with Gasteiger partial charge in [0.15, 0.2) is 0 Å². The van der Waals surface area contributed by atoms with E-state index < -0.39 is 6.10 Å². The number of hydrogen-bond donors (Lipinski definition) is 2. The zero-order valence-corrected chi connectivity index (χ0v) is 21.5. The van der Waals surface area contributed by atoms with E-state index in [0.717, 1.165) is 16.9 Å². The smallest absolute Gasteiger partial charge is 0.0891 e. The van der Waals surface area contributed by atoms with Crippen LogP contribution in [-0.2, 0) is 6.54 Å². The number of rotatable bonds is 7.